The molecule has 7 heteroatoms. The molecule has 0 aliphatic heterocycles. The SMILES string of the molecule is O=C(COC(=O)CCc1nc2ccccc2s1)Nc1cccc(Oc2ccccc2)c1. The van der Waals surface area contributed by atoms with Gasteiger partial charge in [-0.25, -0.2) is 4.98 Å². The van der Waals surface area contributed by atoms with Gasteiger partial charge in [0, 0.05) is 18.2 Å². The number of nitrogens with one attached hydrogen (secondary N) is 1. The van der Waals surface area contributed by atoms with Crippen LogP contribution in [0.25, 0.3) is 10.2 Å². The van der Waals surface area contributed by atoms with E-state index in [0.717, 1.165) is 15.2 Å². The number of nitrogens with zero attached hydrogens (tertiary/aromatic N) is 1. The number of aryl methyl sites for hydroxylation is 1. The number of aromatic nitrogens is 1. The molecule has 0 spiro atoms. The molecule has 0 aliphatic rings. The number of carbonyl (C=O) groups is 2. The van der Waals surface area contributed by atoms with Crippen molar-refractivity contribution in [1.82, 2.24) is 4.98 Å². The fourth-order valence-corrected chi connectivity index (χ4v) is 3.88. The first-order valence-corrected chi connectivity index (χ1v) is 10.6. The van der Waals surface area contributed by atoms with Crippen molar-refractivity contribution in [3.8, 4) is 11.5 Å². The summed E-state index contributed by atoms with van der Waals surface area (Å²) in [6.45, 7) is -0.345. The molecule has 0 saturated carbocycles. The van der Waals surface area contributed by atoms with E-state index in [-0.39, 0.29) is 13.0 Å². The van der Waals surface area contributed by atoms with E-state index in [1.165, 1.54) is 0 Å². The first-order chi connectivity index (χ1) is 15.2. The van der Waals surface area contributed by atoms with E-state index >= 15 is 0 Å². The van der Waals surface area contributed by atoms with Crippen LogP contribution >= 0.6 is 11.3 Å². The minimum atomic E-state index is -0.435. The Balaban J connectivity index is 1.23. The molecule has 0 aliphatic carbocycles. The highest BCUT2D eigenvalue weighted by Crippen LogP contribution is 2.24. The third-order valence-electron chi connectivity index (χ3n) is 4.34. The zero-order valence-corrected chi connectivity index (χ0v) is 17.4. The average molecular weight is 433 g/mol. The predicted octanol–water partition coefficient (Wildman–Crippen LogP) is 5.20. The number of anilines is 1. The molecule has 6 nitrogen and oxygen atoms in total. The summed E-state index contributed by atoms with van der Waals surface area (Å²) in [4.78, 5) is 28.6. The Labute approximate surface area is 183 Å². The van der Waals surface area contributed by atoms with Crippen LogP contribution in [0.1, 0.15) is 11.4 Å². The number of amides is 1. The van der Waals surface area contributed by atoms with E-state index in [9.17, 15) is 9.59 Å². The number of esters is 1. The Morgan fingerprint density at radius 2 is 1.68 bits per heavy atom. The number of para-hydroxylation sites is 2. The second kappa shape index (κ2) is 9.86. The van der Waals surface area contributed by atoms with Crippen molar-refractivity contribution in [1.29, 1.82) is 0 Å². The maximum Gasteiger partial charge on any atom is 0.306 e. The molecule has 0 saturated heterocycles. The van der Waals surface area contributed by atoms with Crippen LogP contribution < -0.4 is 10.1 Å². The lowest BCUT2D eigenvalue weighted by Crippen LogP contribution is -2.21. The van der Waals surface area contributed by atoms with Crippen LogP contribution in [-0.4, -0.2) is 23.5 Å². The third-order valence-corrected chi connectivity index (χ3v) is 5.44. The van der Waals surface area contributed by atoms with Crippen LogP contribution in [0, 0.1) is 0 Å². The van der Waals surface area contributed by atoms with Crippen molar-refractivity contribution in [3.63, 3.8) is 0 Å². The number of hydrogen-bond donors (Lipinski definition) is 1. The standard InChI is InChI=1S/C24H20N2O4S/c27-22(25-17-7-6-10-19(15-17)30-18-8-2-1-3-9-18)16-29-24(28)14-13-23-26-20-11-4-5-12-21(20)31-23/h1-12,15H,13-14,16H2,(H,25,27). The summed E-state index contributed by atoms with van der Waals surface area (Å²) in [5.74, 6) is 0.450. The van der Waals surface area contributed by atoms with Gasteiger partial charge in [-0.05, 0) is 36.4 Å². The van der Waals surface area contributed by atoms with Crippen LogP contribution in [0.3, 0.4) is 0 Å². The van der Waals surface area contributed by atoms with Gasteiger partial charge in [-0.15, -0.1) is 11.3 Å². The molecule has 1 heterocycles. The summed E-state index contributed by atoms with van der Waals surface area (Å²) in [6, 6.07) is 24.2. The van der Waals surface area contributed by atoms with Crippen LogP contribution in [0.15, 0.2) is 78.9 Å². The molecule has 0 unspecified atom stereocenters. The molecule has 1 amide bonds. The van der Waals surface area contributed by atoms with E-state index in [1.54, 1.807) is 35.6 Å². The van der Waals surface area contributed by atoms with Crippen LogP contribution in [0.4, 0.5) is 5.69 Å². The number of ether oxygens (including phenoxy) is 2. The van der Waals surface area contributed by atoms with Gasteiger partial charge < -0.3 is 14.8 Å². The molecule has 0 atom stereocenters. The molecule has 31 heavy (non-hydrogen) atoms. The highest BCUT2D eigenvalue weighted by Gasteiger charge is 2.11. The number of rotatable bonds is 8. The number of thiazole rings is 1. The van der Waals surface area contributed by atoms with E-state index in [4.69, 9.17) is 9.47 Å². The Kier molecular flexibility index (Phi) is 6.54. The zero-order valence-electron chi connectivity index (χ0n) is 16.6. The lowest BCUT2D eigenvalue weighted by Gasteiger charge is -2.09. The van der Waals surface area contributed by atoms with Crippen molar-refractivity contribution < 1.29 is 19.1 Å². The van der Waals surface area contributed by atoms with E-state index < -0.39 is 11.9 Å². The van der Waals surface area contributed by atoms with Gasteiger partial charge in [-0.2, -0.15) is 0 Å². The van der Waals surface area contributed by atoms with Gasteiger partial charge in [0.15, 0.2) is 6.61 Å². The van der Waals surface area contributed by atoms with Gasteiger partial charge in [0.2, 0.25) is 0 Å². The third kappa shape index (κ3) is 5.90. The van der Waals surface area contributed by atoms with Crippen LogP contribution in [-0.2, 0) is 20.7 Å². The summed E-state index contributed by atoms with van der Waals surface area (Å²) in [5.41, 5.74) is 1.48. The van der Waals surface area contributed by atoms with Gasteiger partial charge in [-0.1, -0.05) is 36.4 Å². The molecule has 0 fully saturated rings. The second-order valence-corrected chi connectivity index (χ2v) is 7.84. The quantitative estimate of drug-likeness (QED) is 0.387. The maximum absolute atomic E-state index is 12.1. The Morgan fingerprint density at radius 1 is 0.903 bits per heavy atom. The fraction of sp³-hybridized carbons (Fsp3) is 0.125. The molecule has 4 aromatic rings. The first-order valence-electron chi connectivity index (χ1n) is 9.78. The van der Waals surface area contributed by atoms with E-state index in [2.05, 4.69) is 10.3 Å². The van der Waals surface area contributed by atoms with Gasteiger partial charge in [0.05, 0.1) is 21.6 Å². The molecular weight excluding hydrogens is 412 g/mol. The van der Waals surface area contributed by atoms with Crippen molar-refractivity contribution >= 4 is 39.1 Å². The molecule has 4 rings (SSSR count). The molecule has 0 radical (unpaired) electrons. The van der Waals surface area contributed by atoms with E-state index in [1.807, 2.05) is 54.6 Å². The van der Waals surface area contributed by atoms with Gasteiger partial charge >= 0.3 is 5.97 Å². The van der Waals surface area contributed by atoms with Crippen molar-refractivity contribution in [2.75, 3.05) is 11.9 Å². The fourth-order valence-electron chi connectivity index (χ4n) is 2.91. The molecule has 1 aromatic heterocycles. The number of fused-ring (bicyclic) bond motifs is 1. The second-order valence-electron chi connectivity index (χ2n) is 6.73. The summed E-state index contributed by atoms with van der Waals surface area (Å²) in [7, 11) is 0. The molecule has 1 N–H and O–H groups in total. The van der Waals surface area contributed by atoms with Crippen LogP contribution in [0.2, 0.25) is 0 Å². The number of hydrogen-bond acceptors (Lipinski definition) is 6. The van der Waals surface area contributed by atoms with Crippen LogP contribution in [0.5, 0.6) is 11.5 Å². The van der Waals surface area contributed by atoms with Crippen molar-refractivity contribution in [3.05, 3.63) is 83.9 Å². The summed E-state index contributed by atoms with van der Waals surface area (Å²) in [5, 5.41) is 3.58. The highest BCUT2D eigenvalue weighted by molar-refractivity contribution is 7.18. The summed E-state index contributed by atoms with van der Waals surface area (Å²) < 4.78 is 11.9. The smallest absolute Gasteiger partial charge is 0.306 e. The topological polar surface area (TPSA) is 77.5 Å². The Morgan fingerprint density at radius 3 is 2.52 bits per heavy atom. The highest BCUT2D eigenvalue weighted by atomic mass is 32.1. The zero-order chi connectivity index (χ0) is 21.5. The lowest BCUT2D eigenvalue weighted by atomic mass is 10.3. The lowest BCUT2D eigenvalue weighted by molar-refractivity contribution is -0.147. The molecule has 3 aromatic carbocycles. The minimum absolute atomic E-state index is 0.174. The van der Waals surface area contributed by atoms with Gasteiger partial charge in [0.25, 0.3) is 5.91 Å². The minimum Gasteiger partial charge on any atom is -0.457 e. The van der Waals surface area contributed by atoms with E-state index in [0.29, 0.717) is 23.6 Å². The van der Waals surface area contributed by atoms with Gasteiger partial charge in [-0.3, -0.25) is 9.59 Å². The summed E-state index contributed by atoms with van der Waals surface area (Å²) in [6.07, 6.45) is 0.659. The largest absolute Gasteiger partial charge is 0.457 e. The Hall–Kier alpha value is -3.71. The van der Waals surface area contributed by atoms with Crippen molar-refractivity contribution in [2.24, 2.45) is 0 Å². The molecule has 0 bridgehead atoms. The maximum atomic E-state index is 12.1. The predicted molar refractivity (Wildman–Crippen MR) is 120 cm³/mol. The Bertz CT molecular complexity index is 1160. The monoisotopic (exact) mass is 432 g/mol. The number of carbonyl (C=O) groups excluding carboxylic acids is 2. The summed E-state index contributed by atoms with van der Waals surface area (Å²) >= 11 is 1.56. The molecule has 156 valence electrons. The average Bonchev–Trinajstić information content (AvgIpc) is 3.20. The first kappa shape index (κ1) is 20.6. The normalized spacial score (nSPS) is 10.6. The van der Waals surface area contributed by atoms with Crippen molar-refractivity contribution in [2.45, 2.75) is 12.8 Å². The molecular formula is C24H20N2O4S. The number of benzene rings is 3. The van der Waals surface area contributed by atoms with Gasteiger partial charge in [0.1, 0.15) is 11.5 Å².